The smallest absolute Gasteiger partial charge is 0.266 e. The van der Waals surface area contributed by atoms with E-state index in [4.69, 9.17) is 4.74 Å². The number of hydrogen-bond acceptors (Lipinski definition) is 7. The molecule has 3 amide bonds. The molecule has 1 aromatic heterocycles. The molecule has 150 valence electrons. The molecule has 30 heavy (non-hydrogen) atoms. The first-order valence-electron chi connectivity index (χ1n) is 9.37. The van der Waals surface area contributed by atoms with Crippen LogP contribution < -0.4 is 15.0 Å². The van der Waals surface area contributed by atoms with E-state index in [9.17, 15) is 14.4 Å². The number of carbonyl (C=O) groups is 3. The summed E-state index contributed by atoms with van der Waals surface area (Å²) < 4.78 is 5.28. The van der Waals surface area contributed by atoms with E-state index in [0.29, 0.717) is 22.5 Å². The Morgan fingerprint density at radius 1 is 1.10 bits per heavy atom. The highest BCUT2D eigenvalue weighted by molar-refractivity contribution is 7.15. The molecule has 2 heterocycles. The Morgan fingerprint density at radius 3 is 2.63 bits per heavy atom. The molecule has 1 N–H and O–H groups in total. The molecule has 0 radical (unpaired) electrons. The number of ether oxygens (including phenoxy) is 1. The van der Waals surface area contributed by atoms with E-state index in [1.54, 1.807) is 24.3 Å². The van der Waals surface area contributed by atoms with Crippen LogP contribution in [-0.2, 0) is 0 Å². The first-order valence-corrected chi connectivity index (χ1v) is 10.2. The SMILES string of the molecule is COc1ccccc1N1C(=O)c2ccc(C(=O)Nc3nnc(C4CC4)s3)cc2C1=O. The number of methoxy groups -OCH3 is 1. The number of carbonyl (C=O) groups excluding carboxylic acids is 3. The van der Waals surface area contributed by atoms with Gasteiger partial charge in [-0.1, -0.05) is 23.5 Å². The maximum Gasteiger partial charge on any atom is 0.266 e. The third kappa shape index (κ3) is 3.03. The van der Waals surface area contributed by atoms with Gasteiger partial charge >= 0.3 is 0 Å². The van der Waals surface area contributed by atoms with Crippen molar-refractivity contribution in [2.45, 2.75) is 18.8 Å². The van der Waals surface area contributed by atoms with Crippen LogP contribution in [0.5, 0.6) is 5.75 Å². The third-order valence-corrected chi connectivity index (χ3v) is 6.06. The molecule has 0 saturated heterocycles. The lowest BCUT2D eigenvalue weighted by Crippen LogP contribution is -2.29. The van der Waals surface area contributed by atoms with E-state index >= 15 is 0 Å². The number of nitrogens with zero attached hydrogens (tertiary/aromatic N) is 3. The zero-order valence-electron chi connectivity index (χ0n) is 15.9. The second kappa shape index (κ2) is 7.03. The number of aromatic nitrogens is 2. The van der Waals surface area contributed by atoms with Gasteiger partial charge < -0.3 is 4.74 Å². The van der Waals surface area contributed by atoms with Crippen molar-refractivity contribution in [2.75, 3.05) is 17.3 Å². The molecule has 0 atom stereocenters. The second-order valence-electron chi connectivity index (χ2n) is 7.05. The summed E-state index contributed by atoms with van der Waals surface area (Å²) in [5, 5.41) is 12.2. The molecule has 9 heteroatoms. The fourth-order valence-electron chi connectivity index (χ4n) is 3.37. The average molecular weight is 420 g/mol. The van der Waals surface area contributed by atoms with Crippen molar-refractivity contribution in [2.24, 2.45) is 0 Å². The summed E-state index contributed by atoms with van der Waals surface area (Å²) in [6.07, 6.45) is 2.21. The number of nitrogens with one attached hydrogen (secondary N) is 1. The number of imide groups is 1. The fourth-order valence-corrected chi connectivity index (χ4v) is 4.27. The van der Waals surface area contributed by atoms with Crippen molar-refractivity contribution in [3.63, 3.8) is 0 Å². The van der Waals surface area contributed by atoms with E-state index < -0.39 is 17.7 Å². The van der Waals surface area contributed by atoms with Crippen molar-refractivity contribution < 1.29 is 19.1 Å². The summed E-state index contributed by atoms with van der Waals surface area (Å²) >= 11 is 1.36. The van der Waals surface area contributed by atoms with Gasteiger partial charge in [0, 0.05) is 11.5 Å². The number of rotatable bonds is 5. The summed E-state index contributed by atoms with van der Waals surface area (Å²) in [6.45, 7) is 0. The molecule has 2 aromatic carbocycles. The summed E-state index contributed by atoms with van der Waals surface area (Å²) in [4.78, 5) is 39.6. The molecule has 1 aliphatic carbocycles. The van der Waals surface area contributed by atoms with Crippen molar-refractivity contribution in [1.82, 2.24) is 10.2 Å². The molecular weight excluding hydrogens is 404 g/mol. The minimum Gasteiger partial charge on any atom is -0.495 e. The number of amides is 3. The first kappa shape index (κ1) is 18.4. The Hall–Kier alpha value is -3.59. The Labute approximate surface area is 175 Å². The van der Waals surface area contributed by atoms with Gasteiger partial charge in [-0.3, -0.25) is 19.7 Å². The standard InChI is InChI=1S/C21H16N4O4S/c1-29-16-5-3-2-4-15(16)25-19(27)13-9-8-12(10-14(13)20(25)28)17(26)22-21-24-23-18(30-21)11-6-7-11/h2-5,8-11H,6-7H2,1H3,(H,22,24,26). The quantitative estimate of drug-likeness (QED) is 0.634. The molecule has 1 aliphatic heterocycles. The van der Waals surface area contributed by atoms with Crippen LogP contribution in [0.1, 0.15) is 54.8 Å². The van der Waals surface area contributed by atoms with Gasteiger partial charge in [-0.2, -0.15) is 0 Å². The van der Waals surface area contributed by atoms with Crippen LogP contribution in [0.2, 0.25) is 0 Å². The third-order valence-electron chi connectivity index (χ3n) is 5.06. The largest absolute Gasteiger partial charge is 0.495 e. The number of hydrogen-bond donors (Lipinski definition) is 1. The number of benzene rings is 2. The van der Waals surface area contributed by atoms with Gasteiger partial charge in [0.25, 0.3) is 17.7 Å². The Morgan fingerprint density at radius 2 is 1.87 bits per heavy atom. The first-order chi connectivity index (χ1) is 14.6. The number of fused-ring (bicyclic) bond motifs is 1. The van der Waals surface area contributed by atoms with Crippen LogP contribution in [0.25, 0.3) is 0 Å². The lowest BCUT2D eigenvalue weighted by Gasteiger charge is -2.16. The van der Waals surface area contributed by atoms with Crippen LogP contribution in [0.4, 0.5) is 10.8 Å². The van der Waals surface area contributed by atoms with E-state index in [1.165, 1.54) is 36.6 Å². The van der Waals surface area contributed by atoms with Crippen LogP contribution in [0, 0.1) is 0 Å². The van der Waals surface area contributed by atoms with Gasteiger partial charge in [-0.05, 0) is 43.2 Å². The van der Waals surface area contributed by atoms with Crippen molar-refractivity contribution in [3.8, 4) is 5.75 Å². The maximum absolute atomic E-state index is 13.0. The van der Waals surface area contributed by atoms with Gasteiger partial charge in [0.05, 0.1) is 23.9 Å². The highest BCUT2D eigenvalue weighted by Gasteiger charge is 2.38. The Balaban J connectivity index is 1.42. The lowest BCUT2D eigenvalue weighted by molar-refractivity contribution is 0.0924. The summed E-state index contributed by atoms with van der Waals surface area (Å²) in [5.41, 5.74) is 1.04. The van der Waals surface area contributed by atoms with Crippen LogP contribution in [-0.4, -0.2) is 35.0 Å². The van der Waals surface area contributed by atoms with Gasteiger partial charge in [0.1, 0.15) is 10.8 Å². The average Bonchev–Trinajstić information content (AvgIpc) is 3.46. The van der Waals surface area contributed by atoms with E-state index in [1.807, 2.05) is 0 Å². The van der Waals surface area contributed by atoms with Crippen molar-refractivity contribution in [1.29, 1.82) is 0 Å². The minimum atomic E-state index is -0.499. The predicted molar refractivity (Wildman–Crippen MR) is 110 cm³/mol. The molecule has 3 aromatic rings. The van der Waals surface area contributed by atoms with E-state index in [-0.39, 0.29) is 16.7 Å². The summed E-state index contributed by atoms with van der Waals surface area (Å²) in [6, 6.07) is 11.2. The molecule has 0 bridgehead atoms. The van der Waals surface area contributed by atoms with Crippen LogP contribution in [0.3, 0.4) is 0 Å². The molecule has 0 unspecified atom stereocenters. The van der Waals surface area contributed by atoms with E-state index in [0.717, 1.165) is 22.7 Å². The zero-order chi connectivity index (χ0) is 20.8. The van der Waals surface area contributed by atoms with Gasteiger partial charge in [-0.25, -0.2) is 4.90 Å². The Kier molecular flexibility index (Phi) is 4.32. The second-order valence-corrected chi connectivity index (χ2v) is 8.06. The van der Waals surface area contributed by atoms with Crippen LogP contribution in [0.15, 0.2) is 42.5 Å². The lowest BCUT2D eigenvalue weighted by atomic mass is 10.1. The summed E-state index contributed by atoms with van der Waals surface area (Å²) in [5.74, 6) is -0.497. The molecule has 2 aliphatic rings. The monoisotopic (exact) mass is 420 g/mol. The minimum absolute atomic E-state index is 0.175. The summed E-state index contributed by atoms with van der Waals surface area (Å²) in [7, 11) is 1.47. The van der Waals surface area contributed by atoms with Crippen LogP contribution >= 0.6 is 11.3 Å². The normalized spacial score (nSPS) is 15.3. The maximum atomic E-state index is 13.0. The highest BCUT2D eigenvalue weighted by atomic mass is 32.1. The zero-order valence-corrected chi connectivity index (χ0v) is 16.7. The number of anilines is 2. The van der Waals surface area contributed by atoms with Gasteiger partial charge in [0.15, 0.2) is 0 Å². The fraction of sp³-hybridized carbons (Fsp3) is 0.190. The highest BCUT2D eigenvalue weighted by Crippen LogP contribution is 2.42. The molecule has 8 nitrogen and oxygen atoms in total. The van der Waals surface area contributed by atoms with Gasteiger partial charge in [0.2, 0.25) is 5.13 Å². The molecule has 1 fully saturated rings. The Bertz CT molecular complexity index is 1200. The molecule has 1 saturated carbocycles. The number of para-hydroxylation sites is 2. The predicted octanol–water partition coefficient (Wildman–Crippen LogP) is 3.48. The molecule has 5 rings (SSSR count). The van der Waals surface area contributed by atoms with Crippen molar-refractivity contribution >= 4 is 39.9 Å². The van der Waals surface area contributed by atoms with Crippen molar-refractivity contribution in [3.05, 3.63) is 64.2 Å². The van der Waals surface area contributed by atoms with Gasteiger partial charge in [-0.15, -0.1) is 10.2 Å². The molecule has 0 spiro atoms. The topological polar surface area (TPSA) is 101 Å². The van der Waals surface area contributed by atoms with E-state index in [2.05, 4.69) is 15.5 Å². The molecular formula is C21H16N4O4S.